The van der Waals surface area contributed by atoms with Gasteiger partial charge in [0.25, 0.3) is 0 Å². The Morgan fingerprint density at radius 3 is 2.73 bits per heavy atom. The molecule has 1 N–H and O–H groups in total. The lowest BCUT2D eigenvalue weighted by Crippen LogP contribution is -2.34. The molecule has 2 aliphatic heterocycles. The van der Waals surface area contributed by atoms with Gasteiger partial charge in [0, 0.05) is 36.7 Å². The Morgan fingerprint density at radius 1 is 1.31 bits per heavy atom. The molecule has 1 unspecified atom stereocenters. The van der Waals surface area contributed by atoms with Gasteiger partial charge in [-0.1, -0.05) is 13.8 Å². The van der Waals surface area contributed by atoms with E-state index < -0.39 is 10.0 Å². The highest BCUT2D eigenvalue weighted by atomic mass is 32.2. The number of benzene rings is 1. The molecule has 2 fully saturated rings. The van der Waals surface area contributed by atoms with Gasteiger partial charge in [-0.2, -0.15) is 0 Å². The first kappa shape index (κ1) is 17.9. The molecule has 1 amide bonds. The highest BCUT2D eigenvalue weighted by molar-refractivity contribution is 7.89. The minimum Gasteiger partial charge on any atom is -0.377 e. The number of carbonyl (C=O) groups excluding carboxylic acids is 1. The Bertz CT molecular complexity index is 824. The van der Waals surface area contributed by atoms with Crippen LogP contribution < -0.4 is 9.62 Å². The van der Waals surface area contributed by atoms with Crippen LogP contribution in [0.25, 0.3) is 0 Å². The fourth-order valence-electron chi connectivity index (χ4n) is 3.86. The Hall–Kier alpha value is -1.44. The number of hydrogen-bond acceptors (Lipinski definition) is 4. The molecule has 1 aromatic rings. The zero-order valence-electron chi connectivity index (χ0n) is 15.3. The quantitative estimate of drug-likeness (QED) is 0.852. The zero-order chi connectivity index (χ0) is 18.5. The summed E-state index contributed by atoms with van der Waals surface area (Å²) in [5, 5.41) is 0. The second-order valence-corrected chi connectivity index (χ2v) is 10.0. The monoisotopic (exact) mass is 378 g/mol. The zero-order valence-corrected chi connectivity index (χ0v) is 16.1. The summed E-state index contributed by atoms with van der Waals surface area (Å²) in [5.74, 6) is 0.317. The second-order valence-electron chi connectivity index (χ2n) is 8.25. The molecule has 7 heteroatoms. The molecule has 1 saturated heterocycles. The van der Waals surface area contributed by atoms with Crippen molar-refractivity contribution in [2.24, 2.45) is 5.92 Å². The number of rotatable bonds is 5. The van der Waals surface area contributed by atoms with Crippen LogP contribution in [0, 0.1) is 5.92 Å². The molecule has 4 rings (SSSR count). The van der Waals surface area contributed by atoms with Gasteiger partial charge in [0.15, 0.2) is 0 Å². The molecule has 0 aromatic heterocycles. The van der Waals surface area contributed by atoms with Gasteiger partial charge in [0.1, 0.15) is 0 Å². The van der Waals surface area contributed by atoms with Crippen molar-refractivity contribution >= 4 is 21.6 Å². The fraction of sp³-hybridized carbons (Fsp3) is 0.632. The van der Waals surface area contributed by atoms with Crippen molar-refractivity contribution in [1.29, 1.82) is 0 Å². The van der Waals surface area contributed by atoms with Crippen LogP contribution in [0.1, 0.15) is 45.1 Å². The van der Waals surface area contributed by atoms with E-state index in [1.165, 1.54) is 0 Å². The van der Waals surface area contributed by atoms with E-state index in [2.05, 4.69) is 18.6 Å². The third-order valence-electron chi connectivity index (χ3n) is 5.57. The van der Waals surface area contributed by atoms with Gasteiger partial charge in [-0.15, -0.1) is 0 Å². The van der Waals surface area contributed by atoms with Gasteiger partial charge in [-0.05, 0) is 49.4 Å². The molecule has 142 valence electrons. The van der Waals surface area contributed by atoms with Gasteiger partial charge in [0.2, 0.25) is 15.9 Å². The molecule has 1 aromatic carbocycles. The molecule has 0 bridgehead atoms. The number of fused-ring (bicyclic) bond motifs is 1. The highest BCUT2D eigenvalue weighted by Gasteiger charge is 2.43. The van der Waals surface area contributed by atoms with E-state index in [0.717, 1.165) is 36.9 Å². The van der Waals surface area contributed by atoms with Crippen LogP contribution >= 0.6 is 0 Å². The molecule has 26 heavy (non-hydrogen) atoms. The largest absolute Gasteiger partial charge is 0.377 e. The summed E-state index contributed by atoms with van der Waals surface area (Å²) in [4.78, 5) is 14.7. The minimum atomic E-state index is -3.59. The summed E-state index contributed by atoms with van der Waals surface area (Å²) < 4.78 is 33.5. The Labute approximate surface area is 155 Å². The molecule has 1 saturated carbocycles. The van der Waals surface area contributed by atoms with Crippen LogP contribution in [0.3, 0.4) is 0 Å². The summed E-state index contributed by atoms with van der Waals surface area (Å²) in [5.41, 5.74) is 1.51. The molecule has 1 atom stereocenters. The number of nitrogens with one attached hydrogen (secondary N) is 1. The van der Waals surface area contributed by atoms with Crippen LogP contribution in [0.5, 0.6) is 0 Å². The molecule has 2 heterocycles. The number of carbonyl (C=O) groups is 1. The SMILES string of the molecule is CC1(C)CN(C(=O)C2CC2)c2ccc(S(=O)(=O)NCC3CCCO3)cc21. The first-order valence-electron chi connectivity index (χ1n) is 9.35. The normalized spacial score (nSPS) is 24.7. The highest BCUT2D eigenvalue weighted by Crippen LogP contribution is 2.44. The molecule has 6 nitrogen and oxygen atoms in total. The molecular weight excluding hydrogens is 352 g/mol. The maximum Gasteiger partial charge on any atom is 0.240 e. The predicted molar refractivity (Wildman–Crippen MR) is 98.7 cm³/mol. The standard InChI is InChI=1S/C19H26N2O4S/c1-19(2)12-21(18(22)13-5-6-13)17-8-7-15(10-16(17)19)26(23,24)20-11-14-4-3-9-25-14/h7-8,10,13-14,20H,3-6,9,11-12H2,1-2H3. The molecule has 0 spiro atoms. The van der Waals surface area contributed by atoms with E-state index in [1.807, 2.05) is 4.90 Å². The van der Waals surface area contributed by atoms with Gasteiger partial charge < -0.3 is 9.64 Å². The molecule has 0 radical (unpaired) electrons. The third-order valence-corrected chi connectivity index (χ3v) is 6.99. The lowest BCUT2D eigenvalue weighted by Gasteiger charge is -2.20. The van der Waals surface area contributed by atoms with Crippen LogP contribution in [0.2, 0.25) is 0 Å². The van der Waals surface area contributed by atoms with E-state index in [4.69, 9.17) is 4.74 Å². The van der Waals surface area contributed by atoms with Crippen molar-refractivity contribution in [2.75, 3.05) is 24.6 Å². The number of sulfonamides is 1. The van der Waals surface area contributed by atoms with Crippen LogP contribution in [-0.4, -0.2) is 40.1 Å². The Balaban J connectivity index is 1.58. The summed E-state index contributed by atoms with van der Waals surface area (Å²) >= 11 is 0. The van der Waals surface area contributed by atoms with E-state index in [-0.39, 0.29) is 28.2 Å². The minimum absolute atomic E-state index is 0.0395. The number of hydrogen-bond donors (Lipinski definition) is 1. The van der Waals surface area contributed by atoms with E-state index >= 15 is 0 Å². The smallest absolute Gasteiger partial charge is 0.240 e. The van der Waals surface area contributed by atoms with Crippen molar-refractivity contribution in [3.05, 3.63) is 23.8 Å². The van der Waals surface area contributed by atoms with Crippen molar-refractivity contribution < 1.29 is 17.9 Å². The topological polar surface area (TPSA) is 75.7 Å². The first-order chi connectivity index (χ1) is 12.3. The number of amides is 1. The van der Waals surface area contributed by atoms with E-state index in [0.29, 0.717) is 19.7 Å². The third kappa shape index (κ3) is 3.28. The summed E-state index contributed by atoms with van der Waals surface area (Å²) in [6, 6.07) is 5.11. The summed E-state index contributed by atoms with van der Waals surface area (Å²) in [7, 11) is -3.59. The lowest BCUT2D eigenvalue weighted by molar-refractivity contribution is -0.119. The maximum absolute atomic E-state index is 12.7. The average Bonchev–Trinajstić information content (AvgIpc) is 3.25. The average molecular weight is 378 g/mol. The predicted octanol–water partition coefficient (Wildman–Crippen LogP) is 2.18. The van der Waals surface area contributed by atoms with Crippen molar-refractivity contribution in [3.63, 3.8) is 0 Å². The van der Waals surface area contributed by atoms with Crippen molar-refractivity contribution in [2.45, 2.75) is 55.9 Å². The lowest BCUT2D eigenvalue weighted by atomic mass is 9.87. The fourth-order valence-corrected chi connectivity index (χ4v) is 4.96. The molecular formula is C19H26N2O4S. The Kier molecular flexibility index (Phi) is 4.36. The van der Waals surface area contributed by atoms with Crippen molar-refractivity contribution in [3.8, 4) is 0 Å². The summed E-state index contributed by atoms with van der Waals surface area (Å²) in [6.45, 7) is 5.72. The van der Waals surface area contributed by atoms with Gasteiger partial charge in [0.05, 0.1) is 11.0 Å². The van der Waals surface area contributed by atoms with Gasteiger partial charge in [-0.3, -0.25) is 4.79 Å². The second kappa shape index (κ2) is 6.32. The summed E-state index contributed by atoms with van der Waals surface area (Å²) in [6.07, 6.45) is 3.75. The van der Waals surface area contributed by atoms with Gasteiger partial charge >= 0.3 is 0 Å². The number of anilines is 1. The van der Waals surface area contributed by atoms with Crippen molar-refractivity contribution in [1.82, 2.24) is 4.72 Å². The molecule has 3 aliphatic rings. The Morgan fingerprint density at radius 2 is 2.08 bits per heavy atom. The van der Waals surface area contributed by atoms with E-state index in [9.17, 15) is 13.2 Å². The number of nitrogens with zero attached hydrogens (tertiary/aromatic N) is 1. The first-order valence-corrected chi connectivity index (χ1v) is 10.8. The van der Waals surface area contributed by atoms with Gasteiger partial charge in [-0.25, -0.2) is 13.1 Å². The van der Waals surface area contributed by atoms with Crippen LogP contribution in [0.4, 0.5) is 5.69 Å². The molecule has 1 aliphatic carbocycles. The number of ether oxygens (including phenoxy) is 1. The van der Waals surface area contributed by atoms with Crippen LogP contribution in [-0.2, 0) is 25.0 Å². The van der Waals surface area contributed by atoms with E-state index in [1.54, 1.807) is 18.2 Å². The maximum atomic E-state index is 12.7. The van der Waals surface area contributed by atoms with Crippen LogP contribution in [0.15, 0.2) is 23.1 Å².